The van der Waals surface area contributed by atoms with Crippen LogP contribution in [0.4, 0.5) is 5.69 Å². The number of fused-ring (bicyclic) bond motifs is 1. The van der Waals surface area contributed by atoms with Gasteiger partial charge >= 0.3 is 5.97 Å². The number of nitrogens with zero attached hydrogens (tertiary/aromatic N) is 1. The first-order chi connectivity index (χ1) is 16.0. The van der Waals surface area contributed by atoms with E-state index in [1.165, 1.54) is 0 Å². The maximum absolute atomic E-state index is 13.3. The van der Waals surface area contributed by atoms with Gasteiger partial charge in [0.05, 0.1) is 11.1 Å². The SMILES string of the molecule is CCc1ccc(NC(=O)COC(=O)[C@H](C(C)C)N2C(=O)c3c(Br)c(Br)c(Br)c(Br)c3C2=O)cc1. The minimum absolute atomic E-state index is 0.138. The third-order valence-electron chi connectivity index (χ3n) is 5.28. The molecule has 0 aromatic heterocycles. The fourth-order valence-electron chi connectivity index (χ4n) is 3.54. The molecule has 1 heterocycles. The van der Waals surface area contributed by atoms with Gasteiger partial charge in [0.1, 0.15) is 6.04 Å². The molecular formula is C23H20Br4N2O5. The summed E-state index contributed by atoms with van der Waals surface area (Å²) in [5.41, 5.74) is 1.98. The van der Waals surface area contributed by atoms with Gasteiger partial charge in [-0.05, 0) is 93.8 Å². The number of imide groups is 1. The summed E-state index contributed by atoms with van der Waals surface area (Å²) < 4.78 is 7.10. The molecule has 7 nitrogen and oxygen atoms in total. The summed E-state index contributed by atoms with van der Waals surface area (Å²) in [6.07, 6.45) is 0.876. The molecule has 1 N–H and O–H groups in total. The quantitative estimate of drug-likeness (QED) is 0.161. The lowest BCUT2D eigenvalue weighted by Gasteiger charge is -2.27. The van der Waals surface area contributed by atoms with Crippen LogP contribution in [0.2, 0.25) is 0 Å². The Bertz CT molecular complexity index is 1130. The molecule has 0 bridgehead atoms. The minimum Gasteiger partial charge on any atom is -0.454 e. The summed E-state index contributed by atoms with van der Waals surface area (Å²) in [5, 5.41) is 2.66. The van der Waals surface area contributed by atoms with Crippen molar-refractivity contribution in [1.29, 1.82) is 0 Å². The van der Waals surface area contributed by atoms with Gasteiger partial charge in [-0.25, -0.2) is 4.79 Å². The maximum atomic E-state index is 13.3. The number of rotatable bonds is 7. The maximum Gasteiger partial charge on any atom is 0.330 e. The van der Waals surface area contributed by atoms with Gasteiger partial charge in [-0.2, -0.15) is 0 Å². The van der Waals surface area contributed by atoms with Crippen molar-refractivity contribution in [3.8, 4) is 0 Å². The zero-order chi connectivity index (χ0) is 25.3. The van der Waals surface area contributed by atoms with Crippen molar-refractivity contribution in [2.24, 2.45) is 5.92 Å². The molecule has 0 spiro atoms. The van der Waals surface area contributed by atoms with Gasteiger partial charge in [-0.1, -0.05) is 32.9 Å². The first-order valence-electron chi connectivity index (χ1n) is 10.3. The predicted molar refractivity (Wildman–Crippen MR) is 142 cm³/mol. The van der Waals surface area contributed by atoms with Crippen LogP contribution in [0.15, 0.2) is 42.2 Å². The Morgan fingerprint density at radius 2 is 1.41 bits per heavy atom. The zero-order valence-corrected chi connectivity index (χ0v) is 24.7. The predicted octanol–water partition coefficient (Wildman–Crippen LogP) is 6.10. The Balaban J connectivity index is 1.78. The molecule has 0 unspecified atom stereocenters. The van der Waals surface area contributed by atoms with E-state index in [1.807, 2.05) is 19.1 Å². The number of hydrogen-bond donors (Lipinski definition) is 1. The standard InChI is InChI=1S/C23H20Br4N2O5/c1-4-11-5-7-12(8-6-11)28-13(30)9-34-23(33)20(10(2)3)29-21(31)14-15(22(29)32)17(25)19(27)18(26)16(14)24/h5-8,10,20H,4,9H2,1-3H3,(H,28,30)/t20-/m0/s1. The highest BCUT2D eigenvalue weighted by molar-refractivity contribution is 9.15. The number of carbonyl (C=O) groups is 4. The lowest BCUT2D eigenvalue weighted by Crippen LogP contribution is -2.49. The van der Waals surface area contributed by atoms with Crippen LogP contribution in [0, 0.1) is 5.92 Å². The Morgan fingerprint density at radius 1 is 0.912 bits per heavy atom. The number of anilines is 1. The second-order valence-electron chi connectivity index (χ2n) is 7.88. The Kier molecular flexibility index (Phi) is 8.75. The second kappa shape index (κ2) is 11.0. The summed E-state index contributed by atoms with van der Waals surface area (Å²) in [6, 6.07) is 6.11. The average Bonchev–Trinajstić information content (AvgIpc) is 3.05. The number of carbonyl (C=O) groups excluding carboxylic acids is 4. The van der Waals surface area contributed by atoms with Crippen LogP contribution >= 0.6 is 63.7 Å². The van der Waals surface area contributed by atoms with Crippen LogP contribution in [0.25, 0.3) is 0 Å². The largest absolute Gasteiger partial charge is 0.454 e. The summed E-state index contributed by atoms with van der Waals surface area (Å²) in [6.45, 7) is 4.87. The molecular weight excluding hydrogens is 704 g/mol. The van der Waals surface area contributed by atoms with Crippen molar-refractivity contribution in [2.75, 3.05) is 11.9 Å². The normalized spacial score (nSPS) is 13.8. The number of amides is 3. The molecule has 3 rings (SSSR count). The molecule has 1 aliphatic heterocycles. The van der Waals surface area contributed by atoms with Crippen LogP contribution < -0.4 is 5.32 Å². The van der Waals surface area contributed by atoms with E-state index < -0.39 is 42.3 Å². The van der Waals surface area contributed by atoms with Crippen LogP contribution in [-0.2, 0) is 20.7 Å². The van der Waals surface area contributed by atoms with Crippen molar-refractivity contribution in [3.05, 3.63) is 58.8 Å². The number of halogens is 4. The molecule has 11 heteroatoms. The van der Waals surface area contributed by atoms with E-state index in [9.17, 15) is 19.2 Å². The topological polar surface area (TPSA) is 92.8 Å². The van der Waals surface area contributed by atoms with Crippen molar-refractivity contribution < 1.29 is 23.9 Å². The Morgan fingerprint density at radius 3 is 1.85 bits per heavy atom. The molecule has 3 amide bonds. The molecule has 0 radical (unpaired) electrons. The van der Waals surface area contributed by atoms with Crippen LogP contribution in [-0.4, -0.2) is 41.2 Å². The van der Waals surface area contributed by atoms with Crippen LogP contribution in [0.1, 0.15) is 47.1 Å². The van der Waals surface area contributed by atoms with Crippen molar-refractivity contribution in [2.45, 2.75) is 33.2 Å². The number of hydrogen-bond acceptors (Lipinski definition) is 5. The molecule has 0 saturated carbocycles. The van der Waals surface area contributed by atoms with Gasteiger partial charge in [0, 0.05) is 23.6 Å². The first-order valence-corrected chi connectivity index (χ1v) is 13.5. The van der Waals surface area contributed by atoms with E-state index in [4.69, 9.17) is 4.74 Å². The molecule has 1 atom stereocenters. The molecule has 2 aromatic rings. The van der Waals surface area contributed by atoms with Crippen molar-refractivity contribution in [3.63, 3.8) is 0 Å². The van der Waals surface area contributed by atoms with Gasteiger partial charge in [-0.15, -0.1) is 0 Å². The summed E-state index contributed by atoms with van der Waals surface area (Å²) in [7, 11) is 0. The molecule has 0 saturated heterocycles. The monoisotopic (exact) mass is 720 g/mol. The molecule has 34 heavy (non-hydrogen) atoms. The number of benzene rings is 2. The van der Waals surface area contributed by atoms with E-state index in [0.29, 0.717) is 23.6 Å². The van der Waals surface area contributed by atoms with Gasteiger partial charge in [0.15, 0.2) is 6.61 Å². The van der Waals surface area contributed by atoms with Gasteiger partial charge < -0.3 is 10.1 Å². The highest BCUT2D eigenvalue weighted by Crippen LogP contribution is 2.46. The fourth-order valence-corrected chi connectivity index (χ4v) is 5.99. The molecule has 0 fully saturated rings. The minimum atomic E-state index is -1.21. The van der Waals surface area contributed by atoms with E-state index in [1.54, 1.807) is 26.0 Å². The summed E-state index contributed by atoms with van der Waals surface area (Å²) >= 11 is 13.5. The fraction of sp³-hybridized carbons (Fsp3) is 0.304. The lowest BCUT2D eigenvalue weighted by molar-refractivity contribution is -0.152. The Labute approximate surface area is 230 Å². The summed E-state index contributed by atoms with van der Waals surface area (Å²) in [5.74, 6) is -3.08. The second-order valence-corrected chi connectivity index (χ2v) is 11.1. The number of aryl methyl sites for hydroxylation is 1. The zero-order valence-electron chi connectivity index (χ0n) is 18.4. The first kappa shape index (κ1) is 27.0. The lowest BCUT2D eigenvalue weighted by atomic mass is 10.0. The summed E-state index contributed by atoms with van der Waals surface area (Å²) in [4.78, 5) is 52.7. The molecule has 0 aliphatic carbocycles. The van der Waals surface area contributed by atoms with Crippen molar-refractivity contribution in [1.82, 2.24) is 4.90 Å². The smallest absolute Gasteiger partial charge is 0.330 e. The van der Waals surface area contributed by atoms with Crippen molar-refractivity contribution >= 4 is 93.1 Å². The third kappa shape index (κ3) is 5.17. The molecule has 2 aromatic carbocycles. The van der Waals surface area contributed by atoms with E-state index in [0.717, 1.165) is 16.9 Å². The number of ether oxygens (including phenoxy) is 1. The molecule has 180 valence electrons. The van der Waals surface area contributed by atoms with E-state index in [2.05, 4.69) is 69.0 Å². The number of nitrogens with one attached hydrogen (secondary N) is 1. The van der Waals surface area contributed by atoms with E-state index in [-0.39, 0.29) is 11.1 Å². The molecule has 1 aliphatic rings. The number of esters is 1. The van der Waals surface area contributed by atoms with E-state index >= 15 is 0 Å². The van der Waals surface area contributed by atoms with Crippen LogP contribution in [0.3, 0.4) is 0 Å². The van der Waals surface area contributed by atoms with Gasteiger partial charge in [-0.3, -0.25) is 19.3 Å². The van der Waals surface area contributed by atoms with Gasteiger partial charge in [0.25, 0.3) is 17.7 Å². The van der Waals surface area contributed by atoms with Crippen LogP contribution in [0.5, 0.6) is 0 Å². The third-order valence-corrected chi connectivity index (χ3v) is 10.0. The Hall–Kier alpha value is -1.56. The average molecular weight is 724 g/mol. The van der Waals surface area contributed by atoms with Gasteiger partial charge in [0.2, 0.25) is 0 Å². The highest BCUT2D eigenvalue weighted by Gasteiger charge is 2.47. The highest BCUT2D eigenvalue weighted by atomic mass is 79.9.